The molecule has 1 fully saturated rings. The summed E-state index contributed by atoms with van der Waals surface area (Å²) in [5.41, 5.74) is -0.696. The summed E-state index contributed by atoms with van der Waals surface area (Å²) in [7, 11) is 3.13. The Bertz CT molecular complexity index is 1970. The molecule has 13 nitrogen and oxygen atoms in total. The Morgan fingerprint density at radius 2 is 1.47 bits per heavy atom. The Hall–Kier alpha value is -5.71. The predicted octanol–water partition coefficient (Wildman–Crippen LogP) is 3.02. The second kappa shape index (κ2) is 16.8. The van der Waals surface area contributed by atoms with E-state index in [2.05, 4.69) is 10.3 Å². The summed E-state index contributed by atoms with van der Waals surface area (Å²) in [6.45, 7) is -0.943. The highest BCUT2D eigenvalue weighted by Crippen LogP contribution is 2.42. The van der Waals surface area contributed by atoms with E-state index in [4.69, 9.17) is 18.9 Å². The molecular formula is C37H37F3N4O9. The lowest BCUT2D eigenvalue weighted by atomic mass is 9.80. The molecule has 0 radical (unpaired) electrons. The number of carbonyl (C=O) groups excluding carboxylic acids is 2. The number of ether oxygens (including phenoxy) is 4. The van der Waals surface area contributed by atoms with Crippen LogP contribution < -0.4 is 31.4 Å². The van der Waals surface area contributed by atoms with Gasteiger partial charge >= 0.3 is 17.8 Å². The van der Waals surface area contributed by atoms with Crippen molar-refractivity contribution in [2.45, 2.75) is 36.6 Å². The number of amides is 2. The molecular weight excluding hydrogens is 701 g/mol. The van der Waals surface area contributed by atoms with Gasteiger partial charge in [0.1, 0.15) is 29.4 Å². The minimum Gasteiger partial charge on any atom is -0.497 e. The molecule has 2 heterocycles. The van der Waals surface area contributed by atoms with E-state index in [1.807, 2.05) is 78.9 Å². The number of H-pyrrole nitrogens is 1. The van der Waals surface area contributed by atoms with Crippen molar-refractivity contribution in [2.24, 2.45) is 0 Å². The van der Waals surface area contributed by atoms with Crippen LogP contribution in [0.15, 0.2) is 101 Å². The molecule has 0 spiro atoms. The Kier molecular flexibility index (Phi) is 12.2. The first-order valence-corrected chi connectivity index (χ1v) is 16.3. The lowest BCUT2D eigenvalue weighted by Gasteiger charge is -2.37. The Morgan fingerprint density at radius 1 is 0.906 bits per heavy atom. The maximum Gasteiger partial charge on any atom is 0.471 e. The van der Waals surface area contributed by atoms with Gasteiger partial charge in [-0.25, -0.2) is 4.79 Å². The largest absolute Gasteiger partial charge is 0.497 e. The maximum absolute atomic E-state index is 12.9. The molecule has 2 amide bonds. The molecule has 5 rings (SSSR count). The molecule has 1 aliphatic rings. The summed E-state index contributed by atoms with van der Waals surface area (Å²) in [5.74, 6) is -1.64. The third-order valence-corrected chi connectivity index (χ3v) is 8.53. The molecule has 53 heavy (non-hydrogen) atoms. The molecule has 0 bridgehead atoms. The molecule has 0 saturated carbocycles. The number of carbonyl (C=O) groups is 2. The van der Waals surface area contributed by atoms with Gasteiger partial charge in [0.05, 0.1) is 32.5 Å². The van der Waals surface area contributed by atoms with Crippen molar-refractivity contribution in [2.75, 3.05) is 33.9 Å². The number of aromatic amines is 1. The van der Waals surface area contributed by atoms with Gasteiger partial charge in [0.15, 0.2) is 0 Å². The number of aliphatic hydroxyl groups excluding tert-OH is 1. The second-order valence-corrected chi connectivity index (χ2v) is 11.9. The van der Waals surface area contributed by atoms with Crippen LogP contribution in [0.4, 0.5) is 13.2 Å². The topological polar surface area (TPSA) is 170 Å². The zero-order valence-corrected chi connectivity index (χ0v) is 28.6. The van der Waals surface area contributed by atoms with Crippen LogP contribution in [0.2, 0.25) is 0 Å². The summed E-state index contributed by atoms with van der Waals surface area (Å²) in [5, 5.41) is 15.0. The minimum absolute atomic E-state index is 0.0450. The molecule has 280 valence electrons. The zero-order chi connectivity index (χ0) is 38.2. The Morgan fingerprint density at radius 3 is 2.04 bits per heavy atom. The molecule has 4 N–H and O–H groups in total. The normalized spacial score (nSPS) is 17.4. The molecule has 16 heteroatoms. The van der Waals surface area contributed by atoms with Crippen molar-refractivity contribution in [3.63, 3.8) is 0 Å². The number of nitrogens with zero attached hydrogens (tertiary/aromatic N) is 1. The molecule has 4 aromatic rings. The van der Waals surface area contributed by atoms with Crippen molar-refractivity contribution in [3.05, 3.63) is 134 Å². The number of benzene rings is 3. The standard InChI is InChI=1S/C37H37F3N4O9/c1-50-27-13-9-25(10-14-27)36(24-6-4-3-5-7-24,26-11-15-28(51-2)16-12-26)52-22-30-29(45)20-32(53-30)44-21-23(33(47)43-35(44)49)8-17-31(46)41-18-19-42-34(48)37(38,39)40/h3-17,21,29-30,32,45H,18-20,22H2,1-2H3,(H,41,46)(H,42,48)(H,43,47,49)/b17-8+/t29-,30+,32+/m0/s1. The third kappa shape index (κ3) is 9.03. The molecule has 1 aliphatic heterocycles. The lowest BCUT2D eigenvalue weighted by Crippen LogP contribution is -2.40. The van der Waals surface area contributed by atoms with Crippen molar-refractivity contribution < 1.29 is 46.8 Å². The van der Waals surface area contributed by atoms with E-state index in [9.17, 15) is 37.5 Å². The SMILES string of the molecule is COc1ccc(C(OC[C@H]2O[C@@H](n3cc(/C=C/C(=O)NCCNC(=O)C(F)(F)F)c(=O)[nH]c3=O)C[C@@H]2O)(c2ccccc2)c2ccc(OC)cc2)cc1. The van der Waals surface area contributed by atoms with Crippen LogP contribution in [0.25, 0.3) is 6.08 Å². The highest BCUT2D eigenvalue weighted by molar-refractivity contribution is 5.91. The van der Waals surface area contributed by atoms with Crippen molar-refractivity contribution in [1.82, 2.24) is 20.2 Å². The predicted molar refractivity (Wildman–Crippen MR) is 185 cm³/mol. The number of aliphatic hydroxyl groups is 1. The van der Waals surface area contributed by atoms with Gasteiger partial charge in [-0.3, -0.25) is 23.9 Å². The van der Waals surface area contributed by atoms with Crippen molar-refractivity contribution >= 4 is 17.9 Å². The number of hydrogen-bond donors (Lipinski definition) is 4. The maximum atomic E-state index is 12.9. The number of rotatable bonds is 14. The van der Waals surface area contributed by atoms with Gasteiger partial charge in [0.2, 0.25) is 5.91 Å². The van der Waals surface area contributed by atoms with E-state index in [1.54, 1.807) is 19.5 Å². The smallest absolute Gasteiger partial charge is 0.471 e. The van der Waals surface area contributed by atoms with E-state index in [-0.39, 0.29) is 25.1 Å². The van der Waals surface area contributed by atoms with Gasteiger partial charge in [-0.15, -0.1) is 0 Å². The third-order valence-electron chi connectivity index (χ3n) is 8.53. The van der Waals surface area contributed by atoms with Crippen molar-refractivity contribution in [1.29, 1.82) is 0 Å². The first kappa shape index (κ1) is 38.5. The van der Waals surface area contributed by atoms with E-state index in [0.29, 0.717) is 11.5 Å². The fraction of sp³-hybridized carbons (Fsp3) is 0.297. The summed E-state index contributed by atoms with van der Waals surface area (Å²) < 4.78 is 61.8. The van der Waals surface area contributed by atoms with Crippen LogP contribution in [0.1, 0.15) is 34.9 Å². The second-order valence-electron chi connectivity index (χ2n) is 11.9. The van der Waals surface area contributed by atoms with E-state index in [0.717, 1.165) is 39.6 Å². The highest BCUT2D eigenvalue weighted by Gasteiger charge is 2.42. The van der Waals surface area contributed by atoms with Crippen LogP contribution in [-0.4, -0.2) is 78.8 Å². The Balaban J connectivity index is 1.36. The summed E-state index contributed by atoms with van der Waals surface area (Å²) in [4.78, 5) is 50.7. The van der Waals surface area contributed by atoms with E-state index in [1.165, 1.54) is 0 Å². The minimum atomic E-state index is -5.05. The Labute approximate surface area is 301 Å². The van der Waals surface area contributed by atoms with Crippen LogP contribution in [0.3, 0.4) is 0 Å². The number of alkyl halides is 3. The van der Waals surface area contributed by atoms with Gasteiger partial charge in [-0.2, -0.15) is 13.2 Å². The fourth-order valence-corrected chi connectivity index (χ4v) is 5.84. The van der Waals surface area contributed by atoms with Gasteiger partial charge in [0, 0.05) is 31.8 Å². The van der Waals surface area contributed by atoms with Crippen LogP contribution in [0, 0.1) is 0 Å². The van der Waals surface area contributed by atoms with Gasteiger partial charge in [0.25, 0.3) is 5.56 Å². The first-order valence-electron chi connectivity index (χ1n) is 16.3. The molecule has 0 aliphatic carbocycles. The van der Waals surface area contributed by atoms with E-state index >= 15 is 0 Å². The molecule has 0 unspecified atom stereocenters. The van der Waals surface area contributed by atoms with Gasteiger partial charge in [-0.1, -0.05) is 54.6 Å². The average Bonchev–Trinajstić information content (AvgIpc) is 3.53. The summed E-state index contributed by atoms with van der Waals surface area (Å²) >= 11 is 0. The molecule has 3 aromatic carbocycles. The van der Waals surface area contributed by atoms with Gasteiger partial charge in [-0.05, 0) is 47.0 Å². The summed E-state index contributed by atoms with van der Waals surface area (Å²) in [6, 6.07) is 24.3. The quantitative estimate of drug-likeness (QED) is 0.0863. The van der Waals surface area contributed by atoms with Crippen LogP contribution >= 0.6 is 0 Å². The number of aromatic nitrogens is 2. The number of hydrogen-bond acceptors (Lipinski definition) is 9. The molecule has 1 aromatic heterocycles. The number of methoxy groups -OCH3 is 2. The fourth-order valence-electron chi connectivity index (χ4n) is 5.84. The van der Waals surface area contributed by atoms with Crippen LogP contribution in [-0.2, 0) is 24.7 Å². The monoisotopic (exact) mass is 738 g/mol. The number of halogens is 3. The molecule has 1 saturated heterocycles. The summed E-state index contributed by atoms with van der Waals surface area (Å²) in [6.07, 6.45) is -4.96. The zero-order valence-electron chi connectivity index (χ0n) is 28.6. The average molecular weight is 739 g/mol. The highest BCUT2D eigenvalue weighted by atomic mass is 19.4. The molecule has 3 atom stereocenters. The van der Waals surface area contributed by atoms with Crippen molar-refractivity contribution in [3.8, 4) is 11.5 Å². The first-order chi connectivity index (χ1) is 25.3. The van der Waals surface area contributed by atoms with Gasteiger partial charge < -0.3 is 34.7 Å². The lowest BCUT2D eigenvalue weighted by molar-refractivity contribution is -0.173. The number of nitrogens with one attached hydrogen (secondary N) is 3. The van der Waals surface area contributed by atoms with E-state index < -0.39 is 59.8 Å². The van der Waals surface area contributed by atoms with Crippen LogP contribution in [0.5, 0.6) is 11.5 Å².